The third-order valence-corrected chi connectivity index (χ3v) is 5.87. The zero-order valence-corrected chi connectivity index (χ0v) is 13.0. The molecule has 0 amide bonds. The van der Waals surface area contributed by atoms with Crippen LogP contribution in [-0.4, -0.2) is 25.5 Å². The van der Waals surface area contributed by atoms with Crippen LogP contribution in [0.2, 0.25) is 5.02 Å². The topological polar surface area (TPSA) is 85.1 Å². The Morgan fingerprint density at radius 3 is 2.85 bits per heavy atom. The molecule has 7 heteroatoms. The van der Waals surface area contributed by atoms with Crippen LogP contribution in [0.4, 0.5) is 0 Å². The molecular weight excluding hydrogens is 298 g/mol. The highest BCUT2D eigenvalue weighted by molar-refractivity contribution is 7.89. The molecule has 1 saturated carbocycles. The zero-order valence-electron chi connectivity index (χ0n) is 11.5. The molecule has 0 bridgehead atoms. The molecule has 0 radical (unpaired) electrons. The van der Waals surface area contributed by atoms with Crippen molar-refractivity contribution in [3.05, 3.63) is 23.5 Å². The summed E-state index contributed by atoms with van der Waals surface area (Å²) in [7, 11) is -3.66. The first-order valence-corrected chi connectivity index (χ1v) is 8.60. The molecule has 0 aliphatic heterocycles. The van der Waals surface area contributed by atoms with Gasteiger partial charge in [0.1, 0.15) is 4.90 Å². The van der Waals surface area contributed by atoms with Crippen molar-refractivity contribution in [3.63, 3.8) is 0 Å². The number of hydrogen-bond acceptors (Lipinski definition) is 4. The molecule has 1 aromatic heterocycles. The molecule has 1 aliphatic carbocycles. The van der Waals surface area contributed by atoms with E-state index in [2.05, 4.69) is 9.71 Å². The molecule has 20 heavy (non-hydrogen) atoms. The Hall–Kier alpha value is -0.690. The van der Waals surface area contributed by atoms with Gasteiger partial charge in [0.05, 0.1) is 5.02 Å². The molecule has 1 aliphatic rings. The number of nitrogens with one attached hydrogen (secondary N) is 1. The first-order valence-electron chi connectivity index (χ1n) is 6.74. The van der Waals surface area contributed by atoms with Gasteiger partial charge in [0.15, 0.2) is 0 Å². The number of halogens is 1. The van der Waals surface area contributed by atoms with Crippen LogP contribution in [0.1, 0.15) is 32.6 Å². The number of pyridine rings is 1. The predicted octanol–water partition coefficient (Wildman–Crippen LogP) is 1.92. The summed E-state index contributed by atoms with van der Waals surface area (Å²) in [5, 5.41) is 0.298. The van der Waals surface area contributed by atoms with E-state index in [4.69, 9.17) is 17.3 Å². The molecule has 5 nitrogen and oxygen atoms in total. The summed E-state index contributed by atoms with van der Waals surface area (Å²) in [6.45, 7) is 2.34. The maximum Gasteiger partial charge on any atom is 0.242 e. The largest absolute Gasteiger partial charge is 0.329 e. The number of nitrogens with zero attached hydrogens (tertiary/aromatic N) is 1. The minimum absolute atomic E-state index is 0.0793. The molecule has 2 unspecified atom stereocenters. The zero-order chi connectivity index (χ0) is 14.8. The average Bonchev–Trinajstić information content (AvgIpc) is 2.41. The molecule has 1 fully saturated rings. The molecular formula is C13H20ClN3O2S. The van der Waals surface area contributed by atoms with Crippen molar-refractivity contribution in [2.45, 2.75) is 43.0 Å². The molecule has 112 valence electrons. The number of hydrogen-bond donors (Lipinski definition) is 2. The van der Waals surface area contributed by atoms with Gasteiger partial charge in [-0.25, -0.2) is 13.1 Å². The van der Waals surface area contributed by atoms with Gasteiger partial charge >= 0.3 is 0 Å². The standard InChI is InChI=1S/C13H20ClN3O2S/c1-10-4-2-3-5-13(10,9-15)17-20(18,19)12-6-11(14)7-16-8-12/h6-8,10,17H,2-5,9,15H2,1H3. The first-order chi connectivity index (χ1) is 9.39. The second kappa shape index (κ2) is 5.97. The van der Waals surface area contributed by atoms with Gasteiger partial charge in [0.25, 0.3) is 0 Å². The van der Waals surface area contributed by atoms with E-state index in [1.807, 2.05) is 6.92 Å². The van der Waals surface area contributed by atoms with Gasteiger partial charge in [0.2, 0.25) is 10.0 Å². The lowest BCUT2D eigenvalue weighted by Crippen LogP contribution is -2.58. The van der Waals surface area contributed by atoms with Gasteiger partial charge in [-0.2, -0.15) is 0 Å². The summed E-state index contributed by atoms with van der Waals surface area (Å²) < 4.78 is 27.8. The Morgan fingerprint density at radius 2 is 2.25 bits per heavy atom. The lowest BCUT2D eigenvalue weighted by molar-refractivity contribution is 0.191. The van der Waals surface area contributed by atoms with Crippen molar-refractivity contribution in [2.75, 3.05) is 6.54 Å². The fraction of sp³-hybridized carbons (Fsp3) is 0.615. The van der Waals surface area contributed by atoms with Crippen molar-refractivity contribution in [2.24, 2.45) is 11.7 Å². The Balaban J connectivity index is 2.30. The van der Waals surface area contributed by atoms with Crippen LogP contribution in [0.3, 0.4) is 0 Å². The normalized spacial score (nSPS) is 27.4. The lowest BCUT2D eigenvalue weighted by atomic mass is 9.74. The fourth-order valence-electron chi connectivity index (χ4n) is 2.78. The number of aromatic nitrogens is 1. The average molecular weight is 318 g/mol. The van der Waals surface area contributed by atoms with E-state index in [1.165, 1.54) is 18.5 Å². The minimum Gasteiger partial charge on any atom is -0.329 e. The van der Waals surface area contributed by atoms with E-state index in [1.54, 1.807) is 0 Å². The summed E-state index contributed by atoms with van der Waals surface area (Å²) in [6, 6.07) is 1.40. The Labute approximate surface area is 125 Å². The number of nitrogens with two attached hydrogens (primary N) is 1. The first kappa shape index (κ1) is 15.7. The van der Waals surface area contributed by atoms with Gasteiger partial charge < -0.3 is 5.73 Å². The van der Waals surface area contributed by atoms with Gasteiger partial charge in [-0.3, -0.25) is 4.98 Å². The van der Waals surface area contributed by atoms with E-state index in [-0.39, 0.29) is 10.8 Å². The maximum atomic E-state index is 12.5. The van der Waals surface area contributed by atoms with Crippen molar-refractivity contribution in [3.8, 4) is 0 Å². The minimum atomic E-state index is -3.66. The van der Waals surface area contributed by atoms with Crippen LogP contribution in [-0.2, 0) is 10.0 Å². The van der Waals surface area contributed by atoms with Crippen LogP contribution in [0.5, 0.6) is 0 Å². The van der Waals surface area contributed by atoms with E-state index < -0.39 is 15.6 Å². The highest BCUT2D eigenvalue weighted by Crippen LogP contribution is 2.34. The summed E-state index contributed by atoms with van der Waals surface area (Å²) in [5.41, 5.74) is 5.31. The molecule has 0 aromatic carbocycles. The Kier molecular flexibility index (Phi) is 4.69. The van der Waals surface area contributed by atoms with Gasteiger partial charge in [-0.05, 0) is 24.8 Å². The summed E-state index contributed by atoms with van der Waals surface area (Å²) in [4.78, 5) is 3.91. The second-order valence-electron chi connectivity index (χ2n) is 5.45. The molecule has 1 aromatic rings. The third kappa shape index (κ3) is 3.14. The second-order valence-corrected chi connectivity index (χ2v) is 7.57. The van der Waals surface area contributed by atoms with Crippen LogP contribution in [0.25, 0.3) is 0 Å². The van der Waals surface area contributed by atoms with Gasteiger partial charge in [0, 0.05) is 24.5 Å². The van der Waals surface area contributed by atoms with Crippen LogP contribution >= 0.6 is 11.6 Å². The maximum absolute atomic E-state index is 12.5. The fourth-order valence-corrected chi connectivity index (χ4v) is 4.54. The van der Waals surface area contributed by atoms with Crippen molar-refractivity contribution in [1.82, 2.24) is 9.71 Å². The monoisotopic (exact) mass is 317 g/mol. The molecule has 3 N–H and O–H groups in total. The predicted molar refractivity (Wildman–Crippen MR) is 79.0 cm³/mol. The number of rotatable bonds is 4. The van der Waals surface area contributed by atoms with Gasteiger partial charge in [-0.1, -0.05) is 31.4 Å². The summed E-state index contributed by atoms with van der Waals surface area (Å²) >= 11 is 5.81. The van der Waals surface area contributed by atoms with Crippen LogP contribution in [0.15, 0.2) is 23.4 Å². The molecule has 0 saturated heterocycles. The van der Waals surface area contributed by atoms with Crippen LogP contribution < -0.4 is 10.5 Å². The third-order valence-electron chi connectivity index (χ3n) is 4.15. The van der Waals surface area contributed by atoms with Crippen molar-refractivity contribution >= 4 is 21.6 Å². The molecule has 1 heterocycles. The Bertz CT molecular complexity index is 579. The number of sulfonamides is 1. The van der Waals surface area contributed by atoms with E-state index in [9.17, 15) is 8.42 Å². The van der Waals surface area contributed by atoms with Crippen molar-refractivity contribution in [1.29, 1.82) is 0 Å². The highest BCUT2D eigenvalue weighted by Gasteiger charge is 2.40. The highest BCUT2D eigenvalue weighted by atomic mass is 35.5. The van der Waals surface area contributed by atoms with Crippen molar-refractivity contribution < 1.29 is 8.42 Å². The van der Waals surface area contributed by atoms with Crippen LogP contribution in [0, 0.1) is 5.92 Å². The summed E-state index contributed by atoms with van der Waals surface area (Å²) in [6.07, 6.45) is 6.54. The summed E-state index contributed by atoms with van der Waals surface area (Å²) in [5.74, 6) is 0.211. The quantitative estimate of drug-likeness (QED) is 0.888. The smallest absolute Gasteiger partial charge is 0.242 e. The van der Waals surface area contributed by atoms with Gasteiger partial charge in [-0.15, -0.1) is 0 Å². The van der Waals surface area contributed by atoms with E-state index in [0.29, 0.717) is 11.6 Å². The molecule has 2 atom stereocenters. The van der Waals surface area contributed by atoms with E-state index in [0.717, 1.165) is 25.7 Å². The van der Waals surface area contributed by atoms with E-state index >= 15 is 0 Å². The molecule has 0 spiro atoms. The molecule has 2 rings (SSSR count). The SMILES string of the molecule is CC1CCCCC1(CN)NS(=O)(=O)c1cncc(Cl)c1. The Morgan fingerprint density at radius 1 is 1.50 bits per heavy atom. The lowest BCUT2D eigenvalue weighted by Gasteiger charge is -2.42.